The smallest absolute Gasteiger partial charge is 0.269 e. The van der Waals surface area contributed by atoms with Crippen LogP contribution in [0.4, 0.5) is 0 Å². The normalized spacial score (nSPS) is 11.0. The predicted octanol–water partition coefficient (Wildman–Crippen LogP) is 4.04. The van der Waals surface area contributed by atoms with Crippen molar-refractivity contribution in [1.29, 1.82) is 0 Å². The Kier molecular flexibility index (Phi) is 7.93. The van der Waals surface area contributed by atoms with Gasteiger partial charge < -0.3 is 10.1 Å². The van der Waals surface area contributed by atoms with Crippen molar-refractivity contribution in [2.24, 2.45) is 7.05 Å². The summed E-state index contributed by atoms with van der Waals surface area (Å²) in [6.07, 6.45) is 8.54. The Morgan fingerprint density at radius 3 is 2.85 bits per heavy atom. The number of aromatic nitrogens is 2. The molecule has 0 aliphatic heterocycles. The summed E-state index contributed by atoms with van der Waals surface area (Å²) in [6.45, 7) is 5.23. The van der Waals surface area contributed by atoms with E-state index in [1.807, 2.05) is 37.3 Å². The molecule has 0 fully saturated rings. The number of ether oxygens (including phenoxy) is 1. The van der Waals surface area contributed by atoms with Crippen LogP contribution < -0.4 is 10.1 Å². The lowest BCUT2D eigenvalue weighted by Gasteiger charge is -2.08. The lowest BCUT2D eigenvalue weighted by Crippen LogP contribution is -2.25. The second-order valence-corrected chi connectivity index (χ2v) is 6.25. The molecule has 0 aliphatic carbocycles. The van der Waals surface area contributed by atoms with Crippen LogP contribution in [0.5, 0.6) is 5.75 Å². The number of unbranched alkanes of at least 4 members (excludes halogenated alkanes) is 2. The fraction of sp³-hybridized carbons (Fsp3) is 0.429. The van der Waals surface area contributed by atoms with E-state index in [4.69, 9.17) is 4.74 Å². The van der Waals surface area contributed by atoms with E-state index in [0.717, 1.165) is 29.8 Å². The summed E-state index contributed by atoms with van der Waals surface area (Å²) in [4.78, 5) is 12.3. The summed E-state index contributed by atoms with van der Waals surface area (Å²) in [7, 11) is 1.79. The minimum atomic E-state index is -0.120. The van der Waals surface area contributed by atoms with Crippen molar-refractivity contribution in [2.75, 3.05) is 6.61 Å². The Morgan fingerprint density at radius 2 is 2.12 bits per heavy atom. The van der Waals surface area contributed by atoms with Gasteiger partial charge in [-0.2, -0.15) is 5.10 Å². The molecule has 26 heavy (non-hydrogen) atoms. The van der Waals surface area contributed by atoms with Crippen LogP contribution in [-0.2, 0) is 20.0 Å². The maximum atomic E-state index is 12.3. The average molecular weight is 355 g/mol. The number of allylic oxidation sites excluding steroid dienone is 1. The first kappa shape index (κ1) is 19.8. The van der Waals surface area contributed by atoms with Gasteiger partial charge in [-0.05, 0) is 36.6 Å². The second kappa shape index (κ2) is 10.4. The molecule has 0 bridgehead atoms. The lowest BCUT2D eigenvalue weighted by atomic mass is 10.2. The van der Waals surface area contributed by atoms with E-state index in [2.05, 4.69) is 29.5 Å². The van der Waals surface area contributed by atoms with Crippen molar-refractivity contribution >= 4 is 5.91 Å². The molecule has 0 aliphatic rings. The average Bonchev–Trinajstić information content (AvgIpc) is 3.04. The number of carbonyl (C=O) groups excluding carboxylic acids is 1. The van der Waals surface area contributed by atoms with Gasteiger partial charge >= 0.3 is 0 Å². The SMILES string of the molecule is CCCCC=CCOc1cccc(CNC(=O)c2cc(CC)nn2C)c1. The Labute approximate surface area is 156 Å². The van der Waals surface area contributed by atoms with E-state index in [9.17, 15) is 4.79 Å². The lowest BCUT2D eigenvalue weighted by molar-refractivity contribution is 0.0941. The van der Waals surface area contributed by atoms with Crippen molar-refractivity contribution < 1.29 is 9.53 Å². The van der Waals surface area contributed by atoms with Crippen molar-refractivity contribution in [1.82, 2.24) is 15.1 Å². The molecule has 1 amide bonds. The number of hydrogen-bond acceptors (Lipinski definition) is 3. The molecular formula is C21H29N3O2. The third-order valence-electron chi connectivity index (χ3n) is 4.11. The summed E-state index contributed by atoms with van der Waals surface area (Å²) >= 11 is 0. The van der Waals surface area contributed by atoms with Gasteiger partial charge in [0.2, 0.25) is 0 Å². The Hall–Kier alpha value is -2.56. The molecule has 0 unspecified atom stereocenters. The standard InChI is InChI=1S/C21H29N3O2/c1-4-6-7-8-9-13-26-19-12-10-11-17(14-19)16-22-21(25)20-15-18(5-2)23-24(20)3/h8-12,14-15H,4-7,13,16H2,1-3H3,(H,22,25). The zero-order valence-corrected chi connectivity index (χ0v) is 16.0. The molecule has 1 aromatic carbocycles. The third-order valence-corrected chi connectivity index (χ3v) is 4.11. The highest BCUT2D eigenvalue weighted by molar-refractivity contribution is 5.92. The van der Waals surface area contributed by atoms with Crippen LogP contribution in [0.25, 0.3) is 0 Å². The fourth-order valence-electron chi connectivity index (χ4n) is 2.58. The van der Waals surface area contributed by atoms with Crippen molar-refractivity contribution in [3.05, 3.63) is 59.4 Å². The molecule has 0 atom stereocenters. The number of carbonyl (C=O) groups is 1. The van der Waals surface area contributed by atoms with Gasteiger partial charge in [-0.15, -0.1) is 0 Å². The quantitative estimate of drug-likeness (QED) is 0.517. The molecule has 1 heterocycles. The van der Waals surface area contributed by atoms with Gasteiger partial charge in [0, 0.05) is 13.6 Å². The summed E-state index contributed by atoms with van der Waals surface area (Å²) in [5.74, 6) is 0.690. The zero-order chi connectivity index (χ0) is 18.8. The molecule has 0 spiro atoms. The largest absolute Gasteiger partial charge is 0.490 e. The van der Waals surface area contributed by atoms with Crippen LogP contribution in [0.15, 0.2) is 42.5 Å². The summed E-state index contributed by atoms with van der Waals surface area (Å²) < 4.78 is 7.37. The van der Waals surface area contributed by atoms with E-state index >= 15 is 0 Å². The molecule has 1 N–H and O–H groups in total. The number of amides is 1. The molecule has 5 heteroatoms. The zero-order valence-electron chi connectivity index (χ0n) is 16.0. The molecule has 0 saturated heterocycles. The highest BCUT2D eigenvalue weighted by atomic mass is 16.5. The molecule has 2 aromatic rings. The van der Waals surface area contributed by atoms with Gasteiger partial charge in [0.05, 0.1) is 5.69 Å². The summed E-state index contributed by atoms with van der Waals surface area (Å²) in [5.41, 5.74) is 2.50. The number of rotatable bonds is 10. The molecule has 140 valence electrons. The van der Waals surface area contributed by atoms with Gasteiger partial charge in [0.1, 0.15) is 18.1 Å². The first-order valence-electron chi connectivity index (χ1n) is 9.31. The molecule has 0 radical (unpaired) electrons. The minimum Gasteiger partial charge on any atom is -0.490 e. The summed E-state index contributed by atoms with van der Waals surface area (Å²) in [5, 5.41) is 7.25. The van der Waals surface area contributed by atoms with E-state index in [-0.39, 0.29) is 5.91 Å². The van der Waals surface area contributed by atoms with Gasteiger partial charge in [-0.3, -0.25) is 9.48 Å². The number of nitrogens with zero attached hydrogens (tertiary/aromatic N) is 2. The van der Waals surface area contributed by atoms with Gasteiger partial charge in [-0.1, -0.05) is 51.0 Å². The van der Waals surface area contributed by atoms with E-state index in [1.165, 1.54) is 12.8 Å². The van der Waals surface area contributed by atoms with Crippen LogP contribution in [0.3, 0.4) is 0 Å². The predicted molar refractivity (Wildman–Crippen MR) is 104 cm³/mol. The van der Waals surface area contributed by atoms with Crippen molar-refractivity contribution in [2.45, 2.75) is 46.1 Å². The van der Waals surface area contributed by atoms with Gasteiger partial charge in [0.25, 0.3) is 5.91 Å². The van der Waals surface area contributed by atoms with Crippen molar-refractivity contribution in [3.63, 3.8) is 0 Å². The van der Waals surface area contributed by atoms with Crippen LogP contribution in [0.2, 0.25) is 0 Å². The second-order valence-electron chi connectivity index (χ2n) is 6.25. The monoisotopic (exact) mass is 355 g/mol. The Morgan fingerprint density at radius 1 is 1.27 bits per heavy atom. The van der Waals surface area contributed by atoms with Gasteiger partial charge in [0.15, 0.2) is 0 Å². The maximum absolute atomic E-state index is 12.3. The number of nitrogens with one attached hydrogen (secondary N) is 1. The first-order chi connectivity index (χ1) is 12.6. The summed E-state index contributed by atoms with van der Waals surface area (Å²) in [6, 6.07) is 9.64. The van der Waals surface area contributed by atoms with E-state index in [1.54, 1.807) is 11.7 Å². The van der Waals surface area contributed by atoms with Crippen molar-refractivity contribution in [3.8, 4) is 5.75 Å². The topological polar surface area (TPSA) is 56.1 Å². The highest BCUT2D eigenvalue weighted by Gasteiger charge is 2.12. The fourth-order valence-corrected chi connectivity index (χ4v) is 2.58. The third kappa shape index (κ3) is 6.06. The number of aryl methyl sites for hydroxylation is 2. The minimum absolute atomic E-state index is 0.120. The molecular weight excluding hydrogens is 326 g/mol. The maximum Gasteiger partial charge on any atom is 0.269 e. The molecule has 5 nitrogen and oxygen atoms in total. The molecule has 2 rings (SSSR count). The molecule has 1 aromatic heterocycles. The number of hydrogen-bond donors (Lipinski definition) is 1. The van der Waals surface area contributed by atoms with Crippen LogP contribution in [-0.4, -0.2) is 22.3 Å². The van der Waals surface area contributed by atoms with E-state index in [0.29, 0.717) is 18.8 Å². The van der Waals surface area contributed by atoms with E-state index < -0.39 is 0 Å². The number of benzene rings is 1. The van der Waals surface area contributed by atoms with Crippen LogP contribution in [0.1, 0.15) is 54.9 Å². The Balaban J connectivity index is 1.85. The highest BCUT2D eigenvalue weighted by Crippen LogP contribution is 2.14. The molecule has 0 saturated carbocycles. The first-order valence-corrected chi connectivity index (χ1v) is 9.31. The van der Waals surface area contributed by atoms with Crippen LogP contribution >= 0.6 is 0 Å². The van der Waals surface area contributed by atoms with Gasteiger partial charge in [-0.25, -0.2) is 0 Å². The Bertz CT molecular complexity index is 735. The van der Waals surface area contributed by atoms with Crippen LogP contribution in [0, 0.1) is 0 Å².